The number of aromatic nitrogens is 3. The maximum atomic E-state index is 11.9. The summed E-state index contributed by atoms with van der Waals surface area (Å²) in [5, 5.41) is 8.33. The first-order valence-corrected chi connectivity index (χ1v) is 13.2. The molecule has 2 aliphatic rings. The molecule has 2 aromatic heterocycles. The van der Waals surface area contributed by atoms with Crippen LogP contribution < -0.4 is 20.1 Å². The minimum absolute atomic E-state index is 0.0107. The summed E-state index contributed by atoms with van der Waals surface area (Å²) in [6.07, 6.45) is 5.73. The average molecular weight is 558 g/mol. The number of nitrogens with zero attached hydrogens (tertiary/aromatic N) is 3. The number of methoxy groups -OCH3 is 2. The summed E-state index contributed by atoms with van der Waals surface area (Å²) in [4.78, 5) is 26.2. The number of pyridine rings is 1. The van der Waals surface area contributed by atoms with Gasteiger partial charge in [-0.2, -0.15) is 0 Å². The van der Waals surface area contributed by atoms with Crippen LogP contribution in [-0.2, 0) is 16.1 Å². The molecule has 200 valence electrons. The number of ketones is 1. The van der Waals surface area contributed by atoms with Gasteiger partial charge in [-0.15, -0.1) is 0 Å². The van der Waals surface area contributed by atoms with Crippen LogP contribution in [0.2, 0.25) is 10.0 Å². The van der Waals surface area contributed by atoms with Crippen molar-refractivity contribution in [2.75, 3.05) is 32.8 Å². The maximum absolute atomic E-state index is 11.9. The predicted molar refractivity (Wildman–Crippen MR) is 147 cm³/mol. The van der Waals surface area contributed by atoms with Gasteiger partial charge < -0.3 is 24.8 Å². The summed E-state index contributed by atoms with van der Waals surface area (Å²) >= 11 is 13.4. The molecule has 1 aliphatic heterocycles. The van der Waals surface area contributed by atoms with Gasteiger partial charge in [0, 0.05) is 48.1 Å². The van der Waals surface area contributed by atoms with E-state index in [1.807, 2.05) is 6.07 Å². The van der Waals surface area contributed by atoms with Gasteiger partial charge in [-0.05, 0) is 25.0 Å². The summed E-state index contributed by atoms with van der Waals surface area (Å²) in [7, 11) is 3.07. The van der Waals surface area contributed by atoms with Crippen LogP contribution in [0.25, 0.3) is 22.2 Å². The lowest BCUT2D eigenvalue weighted by atomic mass is 9.97. The summed E-state index contributed by atoms with van der Waals surface area (Å²) in [5.41, 5.74) is 2.52. The number of carbonyl (C=O) groups is 1. The summed E-state index contributed by atoms with van der Waals surface area (Å²) < 4.78 is 16.5. The predicted octanol–water partition coefficient (Wildman–Crippen LogP) is 4.84. The fraction of sp³-hybridized carbons (Fsp3) is 0.407. The minimum Gasteiger partial charge on any atom is -0.495 e. The quantitative estimate of drug-likeness (QED) is 0.320. The Labute approximate surface area is 230 Å². The topological polar surface area (TPSA) is 107 Å². The SMILES string of the molecule is C=CC(=O)C[C@H]1COC[C@H]1Nc1ncc2cc(-c3c(Cl)c(OC)cc(OC)c3Cl)nc(CNC3CC3)c2n1. The molecular weight excluding hydrogens is 529 g/mol. The van der Waals surface area contributed by atoms with Crippen LogP contribution in [0.5, 0.6) is 11.5 Å². The molecule has 0 unspecified atom stereocenters. The zero-order chi connectivity index (χ0) is 26.8. The molecular formula is C27H29Cl2N5O4. The molecule has 2 fully saturated rings. The monoisotopic (exact) mass is 557 g/mol. The van der Waals surface area contributed by atoms with Crippen molar-refractivity contribution in [1.82, 2.24) is 20.3 Å². The van der Waals surface area contributed by atoms with Crippen molar-refractivity contribution >= 4 is 45.8 Å². The number of carbonyl (C=O) groups excluding carboxylic acids is 1. The first kappa shape index (κ1) is 26.6. The molecule has 11 heteroatoms. The van der Waals surface area contributed by atoms with Gasteiger partial charge in [0.1, 0.15) is 11.5 Å². The van der Waals surface area contributed by atoms with Crippen LogP contribution in [0.15, 0.2) is 31.0 Å². The number of allylic oxidation sites excluding steroid dienone is 1. The Kier molecular flexibility index (Phi) is 7.99. The van der Waals surface area contributed by atoms with E-state index < -0.39 is 0 Å². The van der Waals surface area contributed by atoms with Crippen molar-refractivity contribution in [3.05, 3.63) is 46.7 Å². The summed E-state index contributed by atoms with van der Waals surface area (Å²) in [5.74, 6) is 1.32. The van der Waals surface area contributed by atoms with Crippen LogP contribution in [0.1, 0.15) is 25.0 Å². The fourth-order valence-electron chi connectivity index (χ4n) is 4.53. The molecule has 5 rings (SSSR count). The Bertz CT molecular complexity index is 1350. The number of halogens is 2. The molecule has 1 aromatic carbocycles. The zero-order valence-electron chi connectivity index (χ0n) is 21.2. The van der Waals surface area contributed by atoms with E-state index in [4.69, 9.17) is 47.4 Å². The Morgan fingerprint density at radius 2 is 1.89 bits per heavy atom. The van der Waals surface area contributed by atoms with E-state index in [-0.39, 0.29) is 17.7 Å². The first-order chi connectivity index (χ1) is 18.4. The molecule has 2 atom stereocenters. The van der Waals surface area contributed by atoms with Gasteiger partial charge in [0.25, 0.3) is 0 Å². The molecule has 38 heavy (non-hydrogen) atoms. The molecule has 1 saturated heterocycles. The molecule has 0 spiro atoms. The number of hydrogen-bond donors (Lipinski definition) is 2. The molecule has 3 heterocycles. The molecule has 3 aromatic rings. The lowest BCUT2D eigenvalue weighted by molar-refractivity contribution is -0.115. The van der Waals surface area contributed by atoms with Gasteiger partial charge in [0.15, 0.2) is 5.78 Å². The molecule has 1 aliphatic carbocycles. The number of nitrogens with one attached hydrogen (secondary N) is 2. The minimum atomic E-state index is -0.0847. The second-order valence-corrected chi connectivity index (χ2v) is 10.2. The van der Waals surface area contributed by atoms with Crippen molar-refractivity contribution in [3.63, 3.8) is 0 Å². The Morgan fingerprint density at radius 1 is 1.16 bits per heavy atom. The van der Waals surface area contributed by atoms with E-state index >= 15 is 0 Å². The van der Waals surface area contributed by atoms with Crippen LogP contribution in [0, 0.1) is 5.92 Å². The average Bonchev–Trinajstić information content (AvgIpc) is 3.66. The molecule has 9 nitrogen and oxygen atoms in total. The van der Waals surface area contributed by atoms with Crippen molar-refractivity contribution in [2.45, 2.75) is 37.9 Å². The lowest BCUT2D eigenvalue weighted by Crippen LogP contribution is -2.30. The Hall–Kier alpha value is -2.98. The highest BCUT2D eigenvalue weighted by Crippen LogP contribution is 2.46. The zero-order valence-corrected chi connectivity index (χ0v) is 22.7. The van der Waals surface area contributed by atoms with Crippen LogP contribution >= 0.6 is 23.2 Å². The van der Waals surface area contributed by atoms with Crippen molar-refractivity contribution < 1.29 is 19.0 Å². The van der Waals surface area contributed by atoms with E-state index in [1.54, 1.807) is 12.3 Å². The van der Waals surface area contributed by atoms with Crippen molar-refractivity contribution in [1.29, 1.82) is 0 Å². The summed E-state index contributed by atoms with van der Waals surface area (Å²) in [6, 6.07) is 3.89. The van der Waals surface area contributed by atoms with Gasteiger partial charge in [0.05, 0.1) is 60.4 Å². The normalized spacial score (nSPS) is 18.9. The Balaban J connectivity index is 1.54. The number of fused-ring (bicyclic) bond motifs is 1. The largest absolute Gasteiger partial charge is 0.495 e. The van der Waals surface area contributed by atoms with Gasteiger partial charge in [0.2, 0.25) is 5.95 Å². The number of anilines is 1. The van der Waals surface area contributed by atoms with E-state index in [9.17, 15) is 4.79 Å². The molecule has 0 bridgehead atoms. The lowest BCUT2D eigenvalue weighted by Gasteiger charge is -2.19. The van der Waals surface area contributed by atoms with Gasteiger partial charge in [-0.3, -0.25) is 4.79 Å². The molecule has 1 saturated carbocycles. The third-order valence-electron chi connectivity index (χ3n) is 6.81. The van der Waals surface area contributed by atoms with Gasteiger partial charge in [-0.25, -0.2) is 15.0 Å². The highest BCUT2D eigenvalue weighted by molar-refractivity contribution is 6.41. The van der Waals surface area contributed by atoms with Gasteiger partial charge in [-0.1, -0.05) is 29.8 Å². The first-order valence-electron chi connectivity index (χ1n) is 12.4. The number of benzene rings is 1. The third-order valence-corrected chi connectivity index (χ3v) is 7.56. The second-order valence-electron chi connectivity index (χ2n) is 9.45. The highest BCUT2D eigenvalue weighted by Gasteiger charge is 2.30. The fourth-order valence-corrected chi connectivity index (χ4v) is 5.23. The molecule has 0 radical (unpaired) electrons. The summed E-state index contributed by atoms with van der Waals surface area (Å²) in [6.45, 7) is 5.06. The van der Waals surface area contributed by atoms with Crippen molar-refractivity contribution in [2.24, 2.45) is 5.92 Å². The molecule has 2 N–H and O–H groups in total. The van der Waals surface area contributed by atoms with E-state index in [0.717, 1.165) is 23.9 Å². The van der Waals surface area contributed by atoms with Crippen molar-refractivity contribution in [3.8, 4) is 22.8 Å². The van der Waals surface area contributed by atoms with E-state index in [0.29, 0.717) is 76.5 Å². The smallest absolute Gasteiger partial charge is 0.223 e. The third kappa shape index (κ3) is 5.56. The number of rotatable bonds is 11. The standard InChI is InChI=1S/C27H29Cl2N5O4/c1-4-17(35)7-15-12-38-13-20(15)33-27-31-10-14-8-18(32-19(26(14)34-27)11-30-16-5-6-16)23-24(28)21(36-2)9-22(37-3)25(23)29/h4,8-10,15-16,20,30H,1,5-7,11-13H2,2-3H3,(H,31,33,34)/t15-,20+/m0/s1. The van der Waals surface area contributed by atoms with Crippen LogP contribution in [0.3, 0.4) is 0 Å². The highest BCUT2D eigenvalue weighted by atomic mass is 35.5. The molecule has 0 amide bonds. The van der Waals surface area contributed by atoms with Crippen LogP contribution in [0.4, 0.5) is 5.95 Å². The maximum Gasteiger partial charge on any atom is 0.223 e. The number of hydrogen-bond acceptors (Lipinski definition) is 9. The van der Waals surface area contributed by atoms with E-state index in [1.165, 1.54) is 20.3 Å². The second kappa shape index (κ2) is 11.4. The number of ether oxygens (including phenoxy) is 3. The Morgan fingerprint density at radius 3 is 2.55 bits per heavy atom. The van der Waals surface area contributed by atoms with Crippen LogP contribution in [-0.4, -0.2) is 60.3 Å². The van der Waals surface area contributed by atoms with Gasteiger partial charge >= 0.3 is 0 Å². The van der Waals surface area contributed by atoms with E-state index in [2.05, 4.69) is 22.2 Å².